The number of carbonyl (C=O) groups is 2. The maximum atomic E-state index is 13.7. The van der Waals surface area contributed by atoms with Crippen LogP contribution in [0, 0.1) is 0 Å². The van der Waals surface area contributed by atoms with Crippen molar-refractivity contribution in [1.82, 2.24) is 15.1 Å². The topological polar surface area (TPSA) is 71.1 Å². The zero-order valence-electron chi connectivity index (χ0n) is 24.6. The average Bonchev–Trinajstić information content (AvgIpc) is 3.47. The molecule has 9 heteroatoms. The summed E-state index contributed by atoms with van der Waals surface area (Å²) in [6.07, 6.45) is 3.83. The molecule has 0 aromatic heterocycles. The van der Waals surface area contributed by atoms with Gasteiger partial charge in [-0.25, -0.2) is 4.79 Å². The summed E-state index contributed by atoms with van der Waals surface area (Å²) in [6.45, 7) is 11.7. The highest BCUT2D eigenvalue weighted by molar-refractivity contribution is 6.31. The molecule has 1 unspecified atom stereocenters. The minimum Gasteiger partial charge on any atom is -0.492 e. The van der Waals surface area contributed by atoms with E-state index in [4.69, 9.17) is 32.7 Å². The van der Waals surface area contributed by atoms with Crippen LogP contribution in [0.25, 0.3) is 0 Å². The zero-order valence-corrected chi connectivity index (χ0v) is 26.1. The lowest BCUT2D eigenvalue weighted by Gasteiger charge is -2.35. The molecule has 2 aliphatic heterocycles. The number of hydrogen-bond donors (Lipinski definition) is 1. The molecule has 7 nitrogen and oxygen atoms in total. The van der Waals surface area contributed by atoms with E-state index in [-0.39, 0.29) is 11.8 Å². The normalized spacial score (nSPS) is 18.1. The number of carbonyl (C=O) groups excluding carboxylic acids is 2. The predicted octanol–water partition coefficient (Wildman–Crippen LogP) is 6.70. The molecule has 2 fully saturated rings. The van der Waals surface area contributed by atoms with Crippen LogP contribution in [-0.4, -0.2) is 72.3 Å². The Bertz CT molecular complexity index is 1170. The third-order valence-corrected chi connectivity index (χ3v) is 8.30. The van der Waals surface area contributed by atoms with Gasteiger partial charge in [-0.2, -0.15) is 0 Å². The number of alkyl carbamates (subject to hydrolysis) is 1. The Labute approximate surface area is 254 Å². The minimum absolute atomic E-state index is 0.115. The fourth-order valence-corrected chi connectivity index (χ4v) is 5.89. The van der Waals surface area contributed by atoms with Crippen molar-refractivity contribution in [3.63, 3.8) is 0 Å². The van der Waals surface area contributed by atoms with Crippen LogP contribution >= 0.6 is 23.2 Å². The lowest BCUT2D eigenvalue weighted by Crippen LogP contribution is -2.52. The van der Waals surface area contributed by atoms with Crippen LogP contribution in [0.15, 0.2) is 42.5 Å². The lowest BCUT2D eigenvalue weighted by atomic mass is 9.88. The number of halogens is 2. The maximum Gasteiger partial charge on any atom is 0.408 e. The van der Waals surface area contributed by atoms with Crippen molar-refractivity contribution >= 4 is 35.2 Å². The molecule has 0 aliphatic carbocycles. The monoisotopic (exact) mass is 603 g/mol. The number of hydrogen-bond acceptors (Lipinski definition) is 5. The predicted molar refractivity (Wildman–Crippen MR) is 164 cm³/mol. The van der Waals surface area contributed by atoms with Gasteiger partial charge in [0.05, 0.1) is 0 Å². The molecule has 4 rings (SSSR count). The maximum absolute atomic E-state index is 13.7. The van der Waals surface area contributed by atoms with Gasteiger partial charge in [0.1, 0.15) is 24.0 Å². The van der Waals surface area contributed by atoms with Crippen molar-refractivity contribution in [3.8, 4) is 5.75 Å². The lowest BCUT2D eigenvalue weighted by molar-refractivity contribution is -0.134. The van der Waals surface area contributed by atoms with Crippen LogP contribution in [0.1, 0.15) is 70.4 Å². The van der Waals surface area contributed by atoms with Crippen molar-refractivity contribution in [2.75, 3.05) is 32.8 Å². The molecular formula is C32H43Cl2N3O4. The second-order valence-electron chi connectivity index (χ2n) is 12.2. The summed E-state index contributed by atoms with van der Waals surface area (Å²) in [6, 6.07) is 12.8. The Morgan fingerprint density at radius 2 is 1.61 bits per heavy atom. The summed E-state index contributed by atoms with van der Waals surface area (Å²) in [7, 11) is 0. The number of nitrogens with zero attached hydrogens (tertiary/aromatic N) is 2. The molecule has 1 N–H and O–H groups in total. The highest BCUT2D eigenvalue weighted by Crippen LogP contribution is 2.36. The molecular weight excluding hydrogens is 561 g/mol. The highest BCUT2D eigenvalue weighted by atomic mass is 35.5. The molecule has 2 atom stereocenters. The Morgan fingerprint density at radius 3 is 2.24 bits per heavy atom. The smallest absolute Gasteiger partial charge is 0.408 e. The number of benzene rings is 2. The number of piperidine rings is 1. The van der Waals surface area contributed by atoms with Crippen molar-refractivity contribution in [1.29, 1.82) is 0 Å². The van der Waals surface area contributed by atoms with Crippen LogP contribution < -0.4 is 10.1 Å². The number of amides is 2. The van der Waals surface area contributed by atoms with Crippen molar-refractivity contribution < 1.29 is 19.1 Å². The first-order chi connectivity index (χ1) is 19.5. The fourth-order valence-electron chi connectivity index (χ4n) is 5.61. The van der Waals surface area contributed by atoms with Gasteiger partial charge in [-0.05, 0) is 108 Å². The molecule has 0 saturated carbocycles. The molecule has 0 radical (unpaired) electrons. The SMILES string of the molecule is CC(COc1cc(Cl)ccc1C1CCN(C(=O)[C@@H](Cc2ccc(Cl)cc2)NC(=O)OC(C)(C)C)CC1)N1CCCC1. The Kier molecular flexibility index (Phi) is 10.8. The van der Waals surface area contributed by atoms with Crippen molar-refractivity contribution in [2.24, 2.45) is 0 Å². The zero-order chi connectivity index (χ0) is 29.6. The standard InChI is InChI=1S/C32H43Cl2N3O4/c1-22(36-15-5-6-16-36)21-40-29-20-26(34)11-12-27(29)24-13-17-37(18-14-24)30(38)28(35-31(39)41-32(2,3)4)19-23-7-9-25(33)10-8-23/h7-12,20,22,24,28H,5-6,13-19,21H2,1-4H3,(H,35,39)/t22?,28-/m1/s1. The van der Waals surface area contributed by atoms with Crippen molar-refractivity contribution in [3.05, 3.63) is 63.6 Å². The number of rotatable bonds is 9. The average molecular weight is 605 g/mol. The van der Waals surface area contributed by atoms with E-state index in [1.807, 2.05) is 29.2 Å². The summed E-state index contributed by atoms with van der Waals surface area (Å²) in [5.74, 6) is 0.971. The quantitative estimate of drug-likeness (QED) is 0.345. The molecule has 2 amide bonds. The second-order valence-corrected chi connectivity index (χ2v) is 13.1. The van der Waals surface area contributed by atoms with Crippen LogP contribution in [0.5, 0.6) is 5.75 Å². The van der Waals surface area contributed by atoms with Crippen LogP contribution in [-0.2, 0) is 16.0 Å². The van der Waals surface area contributed by atoms with Gasteiger partial charge in [0.2, 0.25) is 5.91 Å². The second kappa shape index (κ2) is 14.1. The summed E-state index contributed by atoms with van der Waals surface area (Å²) in [5, 5.41) is 4.09. The van der Waals surface area contributed by atoms with Gasteiger partial charge in [-0.1, -0.05) is 41.4 Å². The van der Waals surface area contributed by atoms with E-state index in [2.05, 4.69) is 23.2 Å². The number of nitrogens with one attached hydrogen (secondary N) is 1. The Morgan fingerprint density at radius 1 is 0.976 bits per heavy atom. The van der Waals surface area contributed by atoms with Gasteiger partial charge in [-0.3, -0.25) is 9.69 Å². The first-order valence-corrected chi connectivity index (χ1v) is 15.4. The van der Waals surface area contributed by atoms with Gasteiger partial charge in [0, 0.05) is 35.6 Å². The molecule has 2 aromatic carbocycles. The molecule has 2 aliphatic rings. The van der Waals surface area contributed by atoms with E-state index in [9.17, 15) is 9.59 Å². The van der Waals surface area contributed by atoms with Crippen LogP contribution in [0.4, 0.5) is 4.79 Å². The molecule has 2 heterocycles. The van der Waals surface area contributed by atoms with E-state index in [0.29, 0.717) is 42.2 Å². The summed E-state index contributed by atoms with van der Waals surface area (Å²) in [5.41, 5.74) is 1.38. The van der Waals surface area contributed by atoms with Crippen LogP contribution in [0.3, 0.4) is 0 Å². The van der Waals surface area contributed by atoms with E-state index < -0.39 is 17.7 Å². The van der Waals surface area contributed by atoms with E-state index >= 15 is 0 Å². The fraction of sp³-hybridized carbons (Fsp3) is 0.562. The molecule has 2 aromatic rings. The molecule has 0 spiro atoms. The van der Waals surface area contributed by atoms with Gasteiger partial charge < -0.3 is 19.7 Å². The summed E-state index contributed by atoms with van der Waals surface area (Å²) >= 11 is 12.4. The van der Waals surface area contributed by atoms with E-state index in [1.165, 1.54) is 12.8 Å². The molecule has 41 heavy (non-hydrogen) atoms. The van der Waals surface area contributed by atoms with Gasteiger partial charge in [0.25, 0.3) is 0 Å². The summed E-state index contributed by atoms with van der Waals surface area (Å²) in [4.78, 5) is 30.7. The Balaban J connectivity index is 1.40. The van der Waals surface area contributed by atoms with Gasteiger partial charge >= 0.3 is 6.09 Å². The minimum atomic E-state index is -0.746. The van der Waals surface area contributed by atoms with Crippen molar-refractivity contribution in [2.45, 2.75) is 83.4 Å². The highest BCUT2D eigenvalue weighted by Gasteiger charge is 2.32. The summed E-state index contributed by atoms with van der Waals surface area (Å²) < 4.78 is 11.8. The van der Waals surface area contributed by atoms with Gasteiger partial charge in [0.15, 0.2) is 0 Å². The number of likely N-dealkylation sites (tertiary alicyclic amines) is 2. The van der Waals surface area contributed by atoms with E-state index in [1.54, 1.807) is 32.9 Å². The van der Waals surface area contributed by atoms with Crippen LogP contribution in [0.2, 0.25) is 10.0 Å². The van der Waals surface area contributed by atoms with Gasteiger partial charge in [-0.15, -0.1) is 0 Å². The molecule has 224 valence electrons. The Hall–Kier alpha value is -2.48. The third-order valence-electron chi connectivity index (χ3n) is 7.81. The third kappa shape index (κ3) is 9.25. The first kappa shape index (κ1) is 31.5. The molecule has 0 bridgehead atoms. The molecule has 2 saturated heterocycles. The number of ether oxygens (including phenoxy) is 2. The van der Waals surface area contributed by atoms with E-state index in [0.717, 1.165) is 42.8 Å². The first-order valence-electron chi connectivity index (χ1n) is 14.7. The largest absolute Gasteiger partial charge is 0.492 e.